The molecule has 18 heavy (non-hydrogen) atoms. The molecule has 3 heteroatoms. The Morgan fingerprint density at radius 1 is 1.39 bits per heavy atom. The van der Waals surface area contributed by atoms with Crippen LogP contribution in [0.5, 0.6) is 0 Å². The molecule has 1 atom stereocenters. The lowest BCUT2D eigenvalue weighted by Crippen LogP contribution is -2.20. The summed E-state index contributed by atoms with van der Waals surface area (Å²) in [5.41, 5.74) is 2.06. The largest absolute Gasteiger partial charge is 0.300 e. The number of para-hydroxylation sites is 1. The summed E-state index contributed by atoms with van der Waals surface area (Å²) in [6, 6.07) is 9.93. The summed E-state index contributed by atoms with van der Waals surface area (Å²) in [5.74, 6) is 2.75. The van der Waals surface area contributed by atoms with E-state index < -0.39 is 0 Å². The first-order chi connectivity index (χ1) is 8.85. The molecular weight excluding hydrogens is 222 g/mol. The third-order valence-corrected chi connectivity index (χ3v) is 2.72. The topological polar surface area (TPSA) is 29.9 Å². The molecule has 0 aliphatic rings. The molecule has 0 amide bonds. The molecule has 2 rings (SSSR count). The van der Waals surface area contributed by atoms with Crippen LogP contribution in [0.25, 0.3) is 5.69 Å². The van der Waals surface area contributed by atoms with Crippen molar-refractivity contribution in [1.29, 1.82) is 0 Å². The highest BCUT2D eigenvalue weighted by Crippen LogP contribution is 2.14. The average Bonchev–Trinajstić information content (AvgIpc) is 2.90. The van der Waals surface area contributed by atoms with Gasteiger partial charge >= 0.3 is 0 Å². The summed E-state index contributed by atoms with van der Waals surface area (Å²) >= 11 is 0. The van der Waals surface area contributed by atoms with E-state index in [1.165, 1.54) is 0 Å². The summed E-state index contributed by atoms with van der Waals surface area (Å²) < 4.78 is 1.84. The first-order valence-electron chi connectivity index (χ1n) is 6.14. The van der Waals surface area contributed by atoms with Crippen LogP contribution in [0, 0.1) is 12.3 Å². The second-order valence-corrected chi connectivity index (χ2v) is 4.11. The van der Waals surface area contributed by atoms with Crippen LogP contribution < -0.4 is 5.32 Å². The minimum absolute atomic E-state index is 0.0672. The highest BCUT2D eigenvalue weighted by atomic mass is 15.3. The van der Waals surface area contributed by atoms with Crippen molar-refractivity contribution in [1.82, 2.24) is 15.1 Å². The molecule has 0 aliphatic heterocycles. The van der Waals surface area contributed by atoms with E-state index >= 15 is 0 Å². The van der Waals surface area contributed by atoms with Crippen LogP contribution in [-0.4, -0.2) is 16.3 Å². The molecule has 1 heterocycles. The number of nitrogens with one attached hydrogen (secondary N) is 1. The first kappa shape index (κ1) is 12.4. The molecule has 0 spiro atoms. The summed E-state index contributed by atoms with van der Waals surface area (Å²) in [6.45, 7) is 3.03. The Labute approximate surface area is 108 Å². The van der Waals surface area contributed by atoms with Crippen LogP contribution in [0.2, 0.25) is 0 Å². The fourth-order valence-corrected chi connectivity index (χ4v) is 1.77. The van der Waals surface area contributed by atoms with Crippen molar-refractivity contribution in [3.8, 4) is 18.0 Å². The number of hydrogen-bond acceptors (Lipinski definition) is 2. The predicted molar refractivity (Wildman–Crippen MR) is 73.4 cm³/mol. The standard InChI is InChI=1S/C15H17N3/c1-3-10-16-15(4-2)13-11-17-18(12-13)14-8-6-5-7-9-14/h2,5-9,11-12,15-16H,3,10H2,1H3. The maximum absolute atomic E-state index is 5.54. The zero-order valence-electron chi connectivity index (χ0n) is 10.5. The molecule has 1 unspecified atom stereocenters. The highest BCUT2D eigenvalue weighted by Gasteiger charge is 2.09. The van der Waals surface area contributed by atoms with Gasteiger partial charge in [0.15, 0.2) is 0 Å². The normalized spacial score (nSPS) is 12.0. The van der Waals surface area contributed by atoms with Crippen molar-refractivity contribution in [2.45, 2.75) is 19.4 Å². The predicted octanol–water partition coefficient (Wildman–Crippen LogP) is 2.55. The minimum atomic E-state index is -0.0672. The molecule has 2 aromatic rings. The van der Waals surface area contributed by atoms with Crippen LogP contribution in [0.4, 0.5) is 0 Å². The summed E-state index contributed by atoms with van der Waals surface area (Å²) in [7, 11) is 0. The summed E-state index contributed by atoms with van der Waals surface area (Å²) in [5, 5.41) is 7.66. The lowest BCUT2D eigenvalue weighted by atomic mass is 10.1. The average molecular weight is 239 g/mol. The van der Waals surface area contributed by atoms with Crippen molar-refractivity contribution in [2.24, 2.45) is 0 Å². The van der Waals surface area contributed by atoms with E-state index in [0.29, 0.717) is 0 Å². The molecule has 1 aromatic carbocycles. The van der Waals surface area contributed by atoms with E-state index in [9.17, 15) is 0 Å². The van der Waals surface area contributed by atoms with E-state index in [4.69, 9.17) is 6.42 Å². The molecule has 92 valence electrons. The Kier molecular flexibility index (Phi) is 4.16. The number of aromatic nitrogens is 2. The fourth-order valence-electron chi connectivity index (χ4n) is 1.77. The van der Waals surface area contributed by atoms with Crippen molar-refractivity contribution in [3.05, 3.63) is 48.3 Å². The molecule has 0 bridgehead atoms. The van der Waals surface area contributed by atoms with Gasteiger partial charge in [-0.2, -0.15) is 5.10 Å². The molecule has 1 aromatic heterocycles. The maximum Gasteiger partial charge on any atom is 0.0973 e. The SMILES string of the molecule is C#CC(NCCC)c1cnn(-c2ccccc2)c1. The van der Waals surface area contributed by atoms with Gasteiger partial charge in [-0.3, -0.25) is 5.32 Å². The van der Waals surface area contributed by atoms with Gasteiger partial charge in [0.25, 0.3) is 0 Å². The maximum atomic E-state index is 5.54. The van der Waals surface area contributed by atoms with Crippen molar-refractivity contribution in [2.75, 3.05) is 6.54 Å². The summed E-state index contributed by atoms with van der Waals surface area (Å²) in [6.07, 6.45) is 10.4. The Morgan fingerprint density at radius 2 is 2.17 bits per heavy atom. The monoisotopic (exact) mass is 239 g/mol. The smallest absolute Gasteiger partial charge is 0.0973 e. The molecule has 0 fully saturated rings. The molecule has 0 saturated carbocycles. The second-order valence-electron chi connectivity index (χ2n) is 4.11. The first-order valence-corrected chi connectivity index (χ1v) is 6.14. The minimum Gasteiger partial charge on any atom is -0.300 e. The molecule has 0 radical (unpaired) electrons. The molecule has 0 aliphatic carbocycles. The van der Waals surface area contributed by atoms with Gasteiger partial charge < -0.3 is 0 Å². The Balaban J connectivity index is 2.17. The van der Waals surface area contributed by atoms with Crippen LogP contribution in [0.15, 0.2) is 42.7 Å². The van der Waals surface area contributed by atoms with E-state index in [2.05, 4.69) is 23.3 Å². The Hall–Kier alpha value is -2.05. The number of hydrogen-bond donors (Lipinski definition) is 1. The lowest BCUT2D eigenvalue weighted by molar-refractivity contribution is 0.626. The Bertz CT molecular complexity index is 522. The van der Waals surface area contributed by atoms with Crippen LogP contribution in [0.3, 0.4) is 0 Å². The van der Waals surface area contributed by atoms with E-state index in [1.54, 1.807) is 0 Å². The zero-order valence-corrected chi connectivity index (χ0v) is 10.5. The van der Waals surface area contributed by atoms with Crippen LogP contribution in [-0.2, 0) is 0 Å². The second kappa shape index (κ2) is 6.04. The zero-order chi connectivity index (χ0) is 12.8. The number of nitrogens with zero attached hydrogens (tertiary/aromatic N) is 2. The lowest BCUT2D eigenvalue weighted by Gasteiger charge is -2.09. The molecular formula is C15H17N3. The van der Waals surface area contributed by atoms with Crippen molar-refractivity contribution in [3.63, 3.8) is 0 Å². The van der Waals surface area contributed by atoms with Gasteiger partial charge in [0.05, 0.1) is 17.9 Å². The van der Waals surface area contributed by atoms with Gasteiger partial charge in [-0.1, -0.05) is 31.0 Å². The summed E-state index contributed by atoms with van der Waals surface area (Å²) in [4.78, 5) is 0. The van der Waals surface area contributed by atoms with Gasteiger partial charge in [0, 0.05) is 11.8 Å². The molecule has 1 N–H and O–H groups in total. The number of terminal acetylenes is 1. The van der Waals surface area contributed by atoms with Gasteiger partial charge in [-0.05, 0) is 25.1 Å². The van der Waals surface area contributed by atoms with Gasteiger partial charge in [0.1, 0.15) is 0 Å². The van der Waals surface area contributed by atoms with Gasteiger partial charge in [0.2, 0.25) is 0 Å². The van der Waals surface area contributed by atoms with E-state index in [0.717, 1.165) is 24.2 Å². The fraction of sp³-hybridized carbons (Fsp3) is 0.267. The van der Waals surface area contributed by atoms with E-state index in [-0.39, 0.29) is 6.04 Å². The van der Waals surface area contributed by atoms with Gasteiger partial charge in [-0.25, -0.2) is 4.68 Å². The number of rotatable bonds is 5. The van der Waals surface area contributed by atoms with Gasteiger partial charge in [-0.15, -0.1) is 6.42 Å². The van der Waals surface area contributed by atoms with E-state index in [1.807, 2.05) is 47.4 Å². The Morgan fingerprint density at radius 3 is 2.83 bits per heavy atom. The molecule has 3 nitrogen and oxygen atoms in total. The van der Waals surface area contributed by atoms with Crippen molar-refractivity contribution >= 4 is 0 Å². The van der Waals surface area contributed by atoms with Crippen molar-refractivity contribution < 1.29 is 0 Å². The third-order valence-electron chi connectivity index (χ3n) is 2.72. The number of benzene rings is 1. The van der Waals surface area contributed by atoms with Crippen LogP contribution in [0.1, 0.15) is 24.9 Å². The molecule has 0 saturated heterocycles. The van der Waals surface area contributed by atoms with Crippen LogP contribution >= 0.6 is 0 Å². The highest BCUT2D eigenvalue weighted by molar-refractivity contribution is 5.32. The quantitative estimate of drug-likeness (QED) is 0.813. The third kappa shape index (κ3) is 2.79.